The van der Waals surface area contributed by atoms with E-state index < -0.39 is 0 Å². The van der Waals surface area contributed by atoms with Crippen LogP contribution in [-0.2, 0) is 11.2 Å². The second-order valence-corrected chi connectivity index (χ2v) is 7.75. The quantitative estimate of drug-likeness (QED) is 0.488. The van der Waals surface area contributed by atoms with Gasteiger partial charge in [-0.1, -0.05) is 23.3 Å². The van der Waals surface area contributed by atoms with Crippen LogP contribution in [0.2, 0.25) is 0 Å². The number of nitrogens with zero attached hydrogens (tertiary/aromatic N) is 7. The molecule has 1 amide bonds. The van der Waals surface area contributed by atoms with Gasteiger partial charge >= 0.3 is 0 Å². The van der Waals surface area contributed by atoms with E-state index in [2.05, 4.69) is 25.4 Å². The molecule has 0 N–H and O–H groups in total. The Morgan fingerprint density at radius 1 is 1.07 bits per heavy atom. The highest BCUT2D eigenvalue weighted by molar-refractivity contribution is 7.13. The fourth-order valence-corrected chi connectivity index (χ4v) is 4.23. The first-order valence-electron chi connectivity index (χ1n) is 9.63. The number of carbonyl (C=O) groups excluding carboxylic acids is 1. The lowest BCUT2D eigenvalue weighted by Gasteiger charge is -2.34. The molecule has 0 aliphatic carbocycles. The third-order valence-corrected chi connectivity index (χ3v) is 5.89. The third kappa shape index (κ3) is 3.69. The van der Waals surface area contributed by atoms with Gasteiger partial charge < -0.3 is 14.2 Å². The summed E-state index contributed by atoms with van der Waals surface area (Å²) in [5.74, 6) is 1.49. The van der Waals surface area contributed by atoms with Gasteiger partial charge in [0.2, 0.25) is 11.9 Å². The maximum Gasteiger partial charge on any atom is 0.250 e. The van der Waals surface area contributed by atoms with Gasteiger partial charge in [-0.15, -0.1) is 11.3 Å². The Bertz CT molecular complexity index is 1120. The van der Waals surface area contributed by atoms with Gasteiger partial charge in [-0.05, 0) is 34.7 Å². The normalized spacial score (nSPS) is 14.3. The molecular formula is C20H19N7O2S. The van der Waals surface area contributed by atoms with E-state index in [9.17, 15) is 4.79 Å². The number of rotatable bonds is 5. The third-order valence-electron chi connectivity index (χ3n) is 4.99. The molecule has 3 aromatic heterocycles. The summed E-state index contributed by atoms with van der Waals surface area (Å²) in [5, 5.41) is 14.8. The van der Waals surface area contributed by atoms with E-state index in [4.69, 9.17) is 4.42 Å². The summed E-state index contributed by atoms with van der Waals surface area (Å²) in [6.07, 6.45) is 1.91. The smallest absolute Gasteiger partial charge is 0.250 e. The minimum Gasteiger partial charge on any atom is -0.462 e. The molecule has 30 heavy (non-hydrogen) atoms. The van der Waals surface area contributed by atoms with E-state index in [0.29, 0.717) is 38.5 Å². The average Bonchev–Trinajstić information content (AvgIpc) is 3.55. The van der Waals surface area contributed by atoms with Crippen LogP contribution in [0.5, 0.6) is 0 Å². The average molecular weight is 421 g/mol. The monoisotopic (exact) mass is 421 g/mol. The van der Waals surface area contributed by atoms with Gasteiger partial charge in [0.1, 0.15) is 0 Å². The highest BCUT2D eigenvalue weighted by Crippen LogP contribution is 2.24. The van der Waals surface area contributed by atoms with Gasteiger partial charge in [-0.3, -0.25) is 4.79 Å². The standard InChI is InChI=1S/C20H19N7O2S/c28-18(13-15-14-30-19(21-15)17-7-4-12-29-17)25-8-10-26(11-9-25)20-22-23-24-27(20)16-5-2-1-3-6-16/h1-7,12,14H,8-11,13H2. The molecule has 0 unspecified atom stereocenters. The van der Waals surface area contributed by atoms with Crippen molar-refractivity contribution in [2.24, 2.45) is 0 Å². The Labute approximate surface area is 176 Å². The summed E-state index contributed by atoms with van der Waals surface area (Å²) in [6.45, 7) is 2.59. The van der Waals surface area contributed by atoms with Crippen molar-refractivity contribution in [1.82, 2.24) is 30.1 Å². The van der Waals surface area contributed by atoms with Crippen LogP contribution in [0, 0.1) is 0 Å². The zero-order valence-corrected chi connectivity index (χ0v) is 16.9. The number of aromatic nitrogens is 5. The summed E-state index contributed by atoms with van der Waals surface area (Å²) >= 11 is 1.49. The van der Waals surface area contributed by atoms with Crippen LogP contribution in [0.15, 0.2) is 58.5 Å². The van der Waals surface area contributed by atoms with Gasteiger partial charge in [0.05, 0.1) is 24.1 Å². The van der Waals surface area contributed by atoms with E-state index in [1.54, 1.807) is 10.9 Å². The van der Waals surface area contributed by atoms with Crippen molar-refractivity contribution in [2.75, 3.05) is 31.1 Å². The fraction of sp³-hybridized carbons (Fsp3) is 0.250. The molecule has 0 radical (unpaired) electrons. The second-order valence-electron chi connectivity index (χ2n) is 6.89. The number of para-hydroxylation sites is 1. The number of amides is 1. The number of hydrogen-bond acceptors (Lipinski definition) is 8. The molecule has 1 aliphatic heterocycles. The van der Waals surface area contributed by atoms with Crippen molar-refractivity contribution < 1.29 is 9.21 Å². The van der Waals surface area contributed by atoms with Crippen LogP contribution < -0.4 is 4.90 Å². The van der Waals surface area contributed by atoms with Gasteiger partial charge in [-0.2, -0.15) is 4.68 Å². The Morgan fingerprint density at radius 3 is 2.67 bits per heavy atom. The van der Waals surface area contributed by atoms with E-state index in [-0.39, 0.29) is 5.91 Å². The summed E-state index contributed by atoms with van der Waals surface area (Å²) in [7, 11) is 0. The predicted molar refractivity (Wildman–Crippen MR) is 111 cm³/mol. The van der Waals surface area contributed by atoms with Crippen LogP contribution in [-0.4, -0.2) is 62.2 Å². The largest absolute Gasteiger partial charge is 0.462 e. The zero-order chi connectivity index (χ0) is 20.3. The minimum atomic E-state index is 0.0774. The van der Waals surface area contributed by atoms with E-state index in [1.807, 2.05) is 52.7 Å². The molecule has 4 heterocycles. The molecule has 1 aromatic carbocycles. The molecule has 1 saturated heterocycles. The first-order chi connectivity index (χ1) is 14.8. The number of piperazine rings is 1. The first kappa shape index (κ1) is 18.5. The van der Waals surface area contributed by atoms with Crippen molar-refractivity contribution in [3.8, 4) is 16.5 Å². The number of thiazole rings is 1. The molecule has 0 spiro atoms. The number of tetrazole rings is 1. The lowest BCUT2D eigenvalue weighted by Crippen LogP contribution is -2.50. The fourth-order valence-electron chi connectivity index (χ4n) is 3.44. The van der Waals surface area contributed by atoms with Gasteiger partial charge in [0, 0.05) is 31.6 Å². The van der Waals surface area contributed by atoms with Gasteiger partial charge in [0.15, 0.2) is 10.8 Å². The maximum absolute atomic E-state index is 12.7. The van der Waals surface area contributed by atoms with Gasteiger partial charge in [0.25, 0.3) is 0 Å². The molecule has 5 rings (SSSR count). The van der Waals surface area contributed by atoms with Crippen molar-refractivity contribution >= 4 is 23.2 Å². The Hall–Kier alpha value is -3.53. The molecule has 152 valence electrons. The highest BCUT2D eigenvalue weighted by Gasteiger charge is 2.25. The van der Waals surface area contributed by atoms with E-state index in [0.717, 1.165) is 22.1 Å². The molecule has 1 aliphatic rings. The summed E-state index contributed by atoms with van der Waals surface area (Å²) in [5.41, 5.74) is 1.68. The Kier molecular flexibility index (Phi) is 4.98. The summed E-state index contributed by atoms with van der Waals surface area (Å²) in [6, 6.07) is 13.5. The molecule has 1 fully saturated rings. The molecule has 0 bridgehead atoms. The molecule has 4 aromatic rings. The number of hydrogen-bond donors (Lipinski definition) is 0. The SMILES string of the molecule is O=C(Cc1csc(-c2ccco2)n1)N1CCN(c2nnnn2-c2ccccc2)CC1. The number of anilines is 1. The number of benzene rings is 1. The number of carbonyl (C=O) groups is 1. The van der Waals surface area contributed by atoms with Crippen molar-refractivity contribution in [3.05, 3.63) is 59.8 Å². The molecule has 0 atom stereocenters. The summed E-state index contributed by atoms with van der Waals surface area (Å²) in [4.78, 5) is 21.3. The first-order valence-corrected chi connectivity index (χ1v) is 10.5. The topological polar surface area (TPSA) is 93.2 Å². The van der Waals surface area contributed by atoms with Crippen molar-refractivity contribution in [2.45, 2.75) is 6.42 Å². The Balaban J connectivity index is 1.21. The lowest BCUT2D eigenvalue weighted by atomic mass is 10.2. The highest BCUT2D eigenvalue weighted by atomic mass is 32.1. The minimum absolute atomic E-state index is 0.0774. The van der Waals surface area contributed by atoms with Crippen LogP contribution in [0.1, 0.15) is 5.69 Å². The number of furan rings is 1. The van der Waals surface area contributed by atoms with Gasteiger partial charge in [-0.25, -0.2) is 4.98 Å². The molecule has 9 nitrogen and oxygen atoms in total. The maximum atomic E-state index is 12.7. The van der Waals surface area contributed by atoms with Crippen molar-refractivity contribution in [1.29, 1.82) is 0 Å². The molecule has 10 heteroatoms. The van der Waals surface area contributed by atoms with E-state index >= 15 is 0 Å². The van der Waals surface area contributed by atoms with Crippen LogP contribution in [0.4, 0.5) is 5.95 Å². The second kappa shape index (κ2) is 8.07. The molecular weight excluding hydrogens is 402 g/mol. The molecule has 0 saturated carbocycles. The van der Waals surface area contributed by atoms with Crippen LogP contribution in [0.3, 0.4) is 0 Å². The van der Waals surface area contributed by atoms with Crippen LogP contribution in [0.25, 0.3) is 16.5 Å². The predicted octanol–water partition coefficient (Wildman–Crippen LogP) is 2.27. The summed E-state index contributed by atoms with van der Waals surface area (Å²) < 4.78 is 7.10. The lowest BCUT2D eigenvalue weighted by molar-refractivity contribution is -0.130. The zero-order valence-electron chi connectivity index (χ0n) is 16.1. The van der Waals surface area contributed by atoms with Crippen LogP contribution >= 0.6 is 11.3 Å². The van der Waals surface area contributed by atoms with Crippen molar-refractivity contribution in [3.63, 3.8) is 0 Å². The Morgan fingerprint density at radius 2 is 1.90 bits per heavy atom. The van der Waals surface area contributed by atoms with E-state index in [1.165, 1.54) is 11.3 Å².